The van der Waals surface area contributed by atoms with E-state index in [1.807, 2.05) is 11.6 Å². The molecule has 0 amide bonds. The quantitative estimate of drug-likeness (QED) is 0.664. The maximum atomic E-state index is 6.04. The van der Waals surface area contributed by atoms with Crippen LogP contribution in [0.1, 0.15) is 24.8 Å². The summed E-state index contributed by atoms with van der Waals surface area (Å²) in [5.74, 6) is 0. The SMILES string of the molecule is CCCC(Cl)Cc1nccs1. The number of alkyl halides is 1. The molecule has 0 saturated carbocycles. The van der Waals surface area contributed by atoms with E-state index in [0.717, 1.165) is 24.3 Å². The van der Waals surface area contributed by atoms with Crippen LogP contribution in [0.3, 0.4) is 0 Å². The monoisotopic (exact) mass is 189 g/mol. The van der Waals surface area contributed by atoms with E-state index in [4.69, 9.17) is 11.6 Å². The third kappa shape index (κ3) is 3.21. The minimum Gasteiger partial charge on any atom is -0.250 e. The lowest BCUT2D eigenvalue weighted by Gasteiger charge is -2.03. The van der Waals surface area contributed by atoms with Gasteiger partial charge in [-0.15, -0.1) is 22.9 Å². The molecule has 0 radical (unpaired) electrons. The summed E-state index contributed by atoms with van der Waals surface area (Å²) in [6.07, 6.45) is 4.99. The Morgan fingerprint density at radius 3 is 3.09 bits per heavy atom. The Hall–Kier alpha value is -0.0800. The third-order valence-electron chi connectivity index (χ3n) is 1.48. The topological polar surface area (TPSA) is 12.9 Å². The molecule has 11 heavy (non-hydrogen) atoms. The van der Waals surface area contributed by atoms with Crippen LogP contribution in [0.15, 0.2) is 11.6 Å². The van der Waals surface area contributed by atoms with Crippen molar-refractivity contribution in [1.82, 2.24) is 4.98 Å². The van der Waals surface area contributed by atoms with Gasteiger partial charge in [-0.2, -0.15) is 0 Å². The van der Waals surface area contributed by atoms with E-state index < -0.39 is 0 Å². The summed E-state index contributed by atoms with van der Waals surface area (Å²) in [5.41, 5.74) is 0. The van der Waals surface area contributed by atoms with Crippen molar-refractivity contribution in [2.24, 2.45) is 0 Å². The zero-order valence-corrected chi connectivity index (χ0v) is 8.16. The van der Waals surface area contributed by atoms with Crippen LogP contribution in [-0.4, -0.2) is 10.4 Å². The van der Waals surface area contributed by atoms with Crippen LogP contribution >= 0.6 is 22.9 Å². The van der Waals surface area contributed by atoms with E-state index >= 15 is 0 Å². The first kappa shape index (κ1) is 9.01. The highest BCUT2D eigenvalue weighted by molar-refractivity contribution is 7.09. The molecule has 0 N–H and O–H groups in total. The Bertz CT molecular complexity index is 186. The van der Waals surface area contributed by atoms with E-state index in [2.05, 4.69) is 11.9 Å². The summed E-state index contributed by atoms with van der Waals surface area (Å²) in [7, 11) is 0. The minimum atomic E-state index is 0.270. The summed E-state index contributed by atoms with van der Waals surface area (Å²) >= 11 is 7.72. The number of rotatable bonds is 4. The summed E-state index contributed by atoms with van der Waals surface area (Å²) in [5, 5.41) is 3.41. The largest absolute Gasteiger partial charge is 0.250 e. The van der Waals surface area contributed by atoms with Gasteiger partial charge >= 0.3 is 0 Å². The van der Waals surface area contributed by atoms with Crippen LogP contribution in [0.4, 0.5) is 0 Å². The third-order valence-corrected chi connectivity index (χ3v) is 2.66. The van der Waals surface area contributed by atoms with Crippen LogP contribution in [0.25, 0.3) is 0 Å². The molecule has 1 aromatic rings. The van der Waals surface area contributed by atoms with Crippen molar-refractivity contribution in [3.05, 3.63) is 16.6 Å². The van der Waals surface area contributed by atoms with Crippen molar-refractivity contribution in [1.29, 1.82) is 0 Å². The van der Waals surface area contributed by atoms with Crippen LogP contribution in [0.2, 0.25) is 0 Å². The van der Waals surface area contributed by atoms with Gasteiger partial charge in [-0.05, 0) is 6.42 Å². The zero-order valence-electron chi connectivity index (χ0n) is 6.59. The molecule has 1 heterocycles. The molecule has 0 spiro atoms. The van der Waals surface area contributed by atoms with E-state index in [1.165, 1.54) is 0 Å². The Morgan fingerprint density at radius 1 is 1.73 bits per heavy atom. The maximum Gasteiger partial charge on any atom is 0.0939 e. The lowest BCUT2D eigenvalue weighted by molar-refractivity contribution is 0.724. The Morgan fingerprint density at radius 2 is 2.55 bits per heavy atom. The predicted octanol–water partition coefficient (Wildman–Crippen LogP) is 3.09. The van der Waals surface area contributed by atoms with Gasteiger partial charge in [0.2, 0.25) is 0 Å². The number of hydrogen-bond donors (Lipinski definition) is 0. The van der Waals surface area contributed by atoms with E-state index in [1.54, 1.807) is 11.3 Å². The molecule has 1 unspecified atom stereocenters. The summed E-state index contributed by atoms with van der Waals surface area (Å²) in [6, 6.07) is 0. The second-order valence-electron chi connectivity index (χ2n) is 2.52. The molecule has 0 aromatic carbocycles. The first-order valence-electron chi connectivity index (χ1n) is 3.85. The van der Waals surface area contributed by atoms with Crippen molar-refractivity contribution < 1.29 is 0 Å². The molecule has 1 nitrogen and oxygen atoms in total. The van der Waals surface area contributed by atoms with Crippen LogP contribution in [0, 0.1) is 0 Å². The molecule has 0 aliphatic heterocycles. The smallest absolute Gasteiger partial charge is 0.0939 e. The molecule has 1 aromatic heterocycles. The van der Waals surface area contributed by atoms with Gasteiger partial charge in [0.25, 0.3) is 0 Å². The standard InChI is InChI=1S/C8H12ClNS/c1-2-3-7(9)6-8-10-4-5-11-8/h4-5,7H,2-3,6H2,1H3. The van der Waals surface area contributed by atoms with Crippen molar-refractivity contribution >= 4 is 22.9 Å². The highest BCUT2D eigenvalue weighted by atomic mass is 35.5. The molecule has 0 aliphatic rings. The van der Waals surface area contributed by atoms with Gasteiger partial charge in [0, 0.05) is 23.4 Å². The van der Waals surface area contributed by atoms with Gasteiger partial charge in [-0.1, -0.05) is 13.3 Å². The number of hydrogen-bond acceptors (Lipinski definition) is 2. The fourth-order valence-electron chi connectivity index (χ4n) is 0.959. The van der Waals surface area contributed by atoms with Crippen molar-refractivity contribution in [2.45, 2.75) is 31.6 Å². The molecule has 1 rings (SSSR count). The Labute approximate surface area is 76.4 Å². The lowest BCUT2D eigenvalue weighted by Crippen LogP contribution is -2.01. The minimum absolute atomic E-state index is 0.270. The van der Waals surface area contributed by atoms with Crippen LogP contribution < -0.4 is 0 Å². The molecule has 0 aliphatic carbocycles. The summed E-state index contributed by atoms with van der Waals surface area (Å²) in [6.45, 7) is 2.15. The normalized spacial score (nSPS) is 13.3. The van der Waals surface area contributed by atoms with Gasteiger partial charge in [0.15, 0.2) is 0 Å². The molecular weight excluding hydrogens is 178 g/mol. The van der Waals surface area contributed by atoms with Gasteiger partial charge in [-0.3, -0.25) is 0 Å². The van der Waals surface area contributed by atoms with Crippen LogP contribution in [-0.2, 0) is 6.42 Å². The fourth-order valence-corrected chi connectivity index (χ4v) is 2.11. The maximum absolute atomic E-state index is 6.04. The van der Waals surface area contributed by atoms with Crippen molar-refractivity contribution in [2.75, 3.05) is 0 Å². The van der Waals surface area contributed by atoms with Gasteiger partial charge < -0.3 is 0 Å². The van der Waals surface area contributed by atoms with Crippen molar-refractivity contribution in [3.8, 4) is 0 Å². The highest BCUT2D eigenvalue weighted by Crippen LogP contribution is 2.14. The number of thiazole rings is 1. The second-order valence-corrected chi connectivity index (χ2v) is 4.11. The average molecular weight is 190 g/mol. The average Bonchev–Trinajstić information content (AvgIpc) is 2.40. The Balaban J connectivity index is 2.31. The first-order valence-corrected chi connectivity index (χ1v) is 5.17. The van der Waals surface area contributed by atoms with Gasteiger partial charge in [0.05, 0.1) is 5.01 Å². The van der Waals surface area contributed by atoms with E-state index in [9.17, 15) is 0 Å². The highest BCUT2D eigenvalue weighted by Gasteiger charge is 2.05. The summed E-state index contributed by atoms with van der Waals surface area (Å²) < 4.78 is 0. The number of halogens is 1. The van der Waals surface area contributed by atoms with Crippen LogP contribution in [0.5, 0.6) is 0 Å². The molecule has 62 valence electrons. The fraction of sp³-hybridized carbons (Fsp3) is 0.625. The lowest BCUT2D eigenvalue weighted by atomic mass is 10.2. The summed E-state index contributed by atoms with van der Waals surface area (Å²) in [4.78, 5) is 4.17. The zero-order chi connectivity index (χ0) is 8.10. The molecule has 0 saturated heterocycles. The number of nitrogens with zero attached hydrogens (tertiary/aromatic N) is 1. The van der Waals surface area contributed by atoms with Gasteiger partial charge in [0.1, 0.15) is 0 Å². The molecular formula is C8H12ClNS. The first-order chi connectivity index (χ1) is 5.33. The van der Waals surface area contributed by atoms with E-state index in [-0.39, 0.29) is 5.38 Å². The predicted molar refractivity (Wildman–Crippen MR) is 50.4 cm³/mol. The molecule has 3 heteroatoms. The van der Waals surface area contributed by atoms with Crippen molar-refractivity contribution in [3.63, 3.8) is 0 Å². The molecule has 0 bridgehead atoms. The molecule has 0 fully saturated rings. The van der Waals surface area contributed by atoms with E-state index in [0.29, 0.717) is 0 Å². The second kappa shape index (κ2) is 4.73. The van der Waals surface area contributed by atoms with Gasteiger partial charge in [-0.25, -0.2) is 4.98 Å². The number of aromatic nitrogens is 1. The Kier molecular flexibility index (Phi) is 3.87. The molecule has 1 atom stereocenters.